The average molecular weight is 394 g/mol. The van der Waals surface area contributed by atoms with E-state index in [0.29, 0.717) is 17.9 Å². The topological polar surface area (TPSA) is 111 Å². The highest BCUT2D eigenvalue weighted by atomic mass is 16.5. The van der Waals surface area contributed by atoms with E-state index in [0.717, 1.165) is 40.3 Å². The molecule has 8 heteroatoms. The van der Waals surface area contributed by atoms with Crippen molar-refractivity contribution in [1.29, 1.82) is 0 Å². The van der Waals surface area contributed by atoms with Gasteiger partial charge in [0.05, 0.1) is 26.5 Å². The second-order valence-corrected chi connectivity index (χ2v) is 8.43. The maximum absolute atomic E-state index is 9.36. The van der Waals surface area contributed by atoms with E-state index in [9.17, 15) is 5.11 Å². The molecule has 2 aliphatic rings. The number of aromatic nitrogens is 4. The van der Waals surface area contributed by atoms with Crippen LogP contribution < -0.4 is 15.8 Å². The Morgan fingerprint density at radius 3 is 2.86 bits per heavy atom. The average Bonchev–Trinajstić information content (AvgIpc) is 3.40. The fourth-order valence-electron chi connectivity index (χ4n) is 4.57. The molecule has 8 nitrogen and oxygen atoms in total. The number of rotatable bonds is 7. The van der Waals surface area contributed by atoms with Crippen molar-refractivity contribution in [1.82, 2.24) is 19.7 Å². The van der Waals surface area contributed by atoms with Gasteiger partial charge in [0.2, 0.25) is 5.95 Å². The Bertz CT molecular complexity index is 1050. The molecule has 2 aliphatic carbocycles. The maximum atomic E-state index is 9.36. The number of hydrogen-bond acceptors (Lipinski definition) is 7. The second kappa shape index (κ2) is 6.88. The molecule has 2 fully saturated rings. The monoisotopic (exact) mass is 394 g/mol. The first-order valence-corrected chi connectivity index (χ1v) is 10.1. The molecule has 3 aromatic rings. The number of anilines is 2. The third-order valence-electron chi connectivity index (χ3n) is 6.32. The standard InChI is InChI=1S/C21H26N6O2/c1-29-17-6-13(12-28)2-3-15(17)11-27-18-16(10-24-27)25-20(22)26-19(18)23-9-14-7-21(8-14)4-5-21/h2-3,6,10,14,28H,4-5,7-9,11-12H2,1H3,(H3,22,23,25,26). The van der Waals surface area contributed by atoms with E-state index in [2.05, 4.69) is 20.4 Å². The molecule has 0 bridgehead atoms. The zero-order valence-corrected chi connectivity index (χ0v) is 16.6. The minimum absolute atomic E-state index is 0.0228. The first kappa shape index (κ1) is 18.2. The molecular weight excluding hydrogens is 368 g/mol. The van der Waals surface area contributed by atoms with Gasteiger partial charge in [-0.2, -0.15) is 10.1 Å². The lowest BCUT2D eigenvalue weighted by molar-refractivity contribution is 0.180. The summed E-state index contributed by atoms with van der Waals surface area (Å²) in [5, 5.41) is 17.4. The lowest BCUT2D eigenvalue weighted by Gasteiger charge is -2.36. The molecule has 29 heavy (non-hydrogen) atoms. The predicted molar refractivity (Wildman–Crippen MR) is 111 cm³/mol. The summed E-state index contributed by atoms with van der Waals surface area (Å²) in [6.45, 7) is 1.38. The SMILES string of the molecule is COc1cc(CO)ccc1Cn1ncc2nc(N)nc(NCC3CC4(CC4)C3)c21. The number of methoxy groups -OCH3 is 1. The van der Waals surface area contributed by atoms with Crippen LogP contribution in [0.2, 0.25) is 0 Å². The maximum Gasteiger partial charge on any atom is 0.222 e. The molecule has 2 aromatic heterocycles. The van der Waals surface area contributed by atoms with Crippen molar-refractivity contribution in [2.75, 3.05) is 24.7 Å². The van der Waals surface area contributed by atoms with Crippen LogP contribution in [0.5, 0.6) is 5.75 Å². The highest BCUT2D eigenvalue weighted by Gasteiger charge is 2.52. The molecule has 152 valence electrons. The summed E-state index contributed by atoms with van der Waals surface area (Å²) in [6.07, 6.45) is 7.15. The Labute approximate surface area is 169 Å². The lowest BCUT2D eigenvalue weighted by atomic mass is 9.72. The minimum Gasteiger partial charge on any atom is -0.496 e. The molecule has 2 heterocycles. The number of fused-ring (bicyclic) bond motifs is 1. The van der Waals surface area contributed by atoms with Crippen LogP contribution >= 0.6 is 0 Å². The van der Waals surface area contributed by atoms with E-state index in [1.54, 1.807) is 13.3 Å². The van der Waals surface area contributed by atoms with Crippen molar-refractivity contribution in [3.05, 3.63) is 35.5 Å². The summed E-state index contributed by atoms with van der Waals surface area (Å²) in [4.78, 5) is 8.80. The van der Waals surface area contributed by atoms with Crippen LogP contribution in [0.15, 0.2) is 24.4 Å². The third-order valence-corrected chi connectivity index (χ3v) is 6.32. The van der Waals surface area contributed by atoms with E-state index in [1.807, 2.05) is 22.9 Å². The number of nitrogens with zero attached hydrogens (tertiary/aromatic N) is 4. The molecule has 1 aromatic carbocycles. The molecule has 0 saturated heterocycles. The lowest BCUT2D eigenvalue weighted by Crippen LogP contribution is -2.31. The van der Waals surface area contributed by atoms with Gasteiger partial charge < -0.3 is 20.9 Å². The van der Waals surface area contributed by atoms with Crippen LogP contribution in [0.4, 0.5) is 11.8 Å². The summed E-state index contributed by atoms with van der Waals surface area (Å²) in [7, 11) is 1.63. The second-order valence-electron chi connectivity index (χ2n) is 8.43. The first-order valence-electron chi connectivity index (χ1n) is 10.1. The summed E-state index contributed by atoms with van der Waals surface area (Å²) in [6, 6.07) is 5.69. The molecular formula is C21H26N6O2. The number of aliphatic hydroxyl groups excluding tert-OH is 1. The van der Waals surface area contributed by atoms with Gasteiger partial charge >= 0.3 is 0 Å². The minimum atomic E-state index is -0.0228. The van der Waals surface area contributed by atoms with Gasteiger partial charge in [0.15, 0.2) is 5.82 Å². The largest absolute Gasteiger partial charge is 0.496 e. The molecule has 0 unspecified atom stereocenters. The van der Waals surface area contributed by atoms with Crippen molar-refractivity contribution >= 4 is 22.8 Å². The van der Waals surface area contributed by atoms with E-state index in [1.165, 1.54) is 25.7 Å². The highest BCUT2D eigenvalue weighted by Crippen LogP contribution is 2.63. The zero-order valence-electron chi connectivity index (χ0n) is 16.6. The number of aliphatic hydroxyl groups is 1. The van der Waals surface area contributed by atoms with E-state index in [4.69, 9.17) is 10.5 Å². The third kappa shape index (κ3) is 3.37. The quantitative estimate of drug-likeness (QED) is 0.565. The smallest absolute Gasteiger partial charge is 0.222 e. The normalized spacial score (nSPS) is 17.4. The Morgan fingerprint density at radius 1 is 1.31 bits per heavy atom. The van der Waals surface area contributed by atoms with Crippen molar-refractivity contribution < 1.29 is 9.84 Å². The van der Waals surface area contributed by atoms with Gasteiger partial charge in [0, 0.05) is 12.1 Å². The summed E-state index contributed by atoms with van der Waals surface area (Å²) in [5.74, 6) is 2.39. The van der Waals surface area contributed by atoms with Crippen LogP contribution in [-0.2, 0) is 13.2 Å². The summed E-state index contributed by atoms with van der Waals surface area (Å²) >= 11 is 0. The van der Waals surface area contributed by atoms with Gasteiger partial charge in [0.25, 0.3) is 0 Å². The molecule has 1 spiro atoms. The first-order chi connectivity index (χ1) is 14.1. The Balaban J connectivity index is 1.42. The van der Waals surface area contributed by atoms with Crippen molar-refractivity contribution in [2.45, 2.75) is 38.8 Å². The van der Waals surface area contributed by atoms with Gasteiger partial charge in [-0.1, -0.05) is 12.1 Å². The zero-order chi connectivity index (χ0) is 20.0. The number of nitrogens with one attached hydrogen (secondary N) is 1. The van der Waals surface area contributed by atoms with Crippen molar-refractivity contribution in [3.63, 3.8) is 0 Å². The molecule has 4 N–H and O–H groups in total. The summed E-state index contributed by atoms with van der Waals surface area (Å²) < 4.78 is 7.38. The van der Waals surface area contributed by atoms with Gasteiger partial charge in [-0.05, 0) is 48.6 Å². The van der Waals surface area contributed by atoms with Gasteiger partial charge in [-0.15, -0.1) is 0 Å². The Morgan fingerprint density at radius 2 is 2.14 bits per heavy atom. The Kier molecular flexibility index (Phi) is 4.31. The highest BCUT2D eigenvalue weighted by molar-refractivity contribution is 5.86. The van der Waals surface area contributed by atoms with Crippen molar-refractivity contribution in [3.8, 4) is 5.75 Å². The van der Waals surface area contributed by atoms with Crippen LogP contribution in [-0.4, -0.2) is 38.5 Å². The van der Waals surface area contributed by atoms with Gasteiger partial charge in [-0.3, -0.25) is 4.68 Å². The molecule has 0 amide bonds. The molecule has 0 aliphatic heterocycles. The molecule has 0 radical (unpaired) electrons. The number of ether oxygens (including phenoxy) is 1. The van der Waals surface area contributed by atoms with Gasteiger partial charge in [-0.25, -0.2) is 4.98 Å². The van der Waals surface area contributed by atoms with Crippen LogP contribution in [0, 0.1) is 11.3 Å². The van der Waals surface area contributed by atoms with Crippen LogP contribution in [0.3, 0.4) is 0 Å². The fourth-order valence-corrected chi connectivity index (χ4v) is 4.57. The van der Waals surface area contributed by atoms with E-state index in [-0.39, 0.29) is 12.6 Å². The Hall–Kier alpha value is -2.87. The number of nitrogen functional groups attached to an aromatic ring is 1. The van der Waals surface area contributed by atoms with Crippen molar-refractivity contribution in [2.24, 2.45) is 11.3 Å². The van der Waals surface area contributed by atoms with Crippen LogP contribution in [0.1, 0.15) is 36.8 Å². The van der Waals surface area contributed by atoms with Crippen LogP contribution in [0.25, 0.3) is 11.0 Å². The number of hydrogen-bond donors (Lipinski definition) is 3. The number of benzene rings is 1. The summed E-state index contributed by atoms with van der Waals surface area (Å²) in [5.41, 5.74) is 9.95. The van der Waals surface area contributed by atoms with E-state index < -0.39 is 0 Å². The van der Waals surface area contributed by atoms with E-state index >= 15 is 0 Å². The predicted octanol–water partition coefficient (Wildman–Crippen LogP) is 2.56. The molecule has 0 atom stereocenters. The van der Waals surface area contributed by atoms with Gasteiger partial charge in [0.1, 0.15) is 16.8 Å². The molecule has 5 rings (SSSR count). The molecule has 2 saturated carbocycles. The number of nitrogens with two attached hydrogens (primary N) is 1. The fraction of sp³-hybridized carbons (Fsp3) is 0.476.